The van der Waals surface area contributed by atoms with E-state index in [1.165, 1.54) is 6.42 Å². The third-order valence-electron chi connectivity index (χ3n) is 5.37. The molecule has 2 aliphatic heterocycles. The number of piperidine rings is 1. The topological polar surface area (TPSA) is 99.0 Å². The zero-order valence-corrected chi connectivity index (χ0v) is 16.2. The van der Waals surface area contributed by atoms with Gasteiger partial charge in [0.2, 0.25) is 11.8 Å². The highest BCUT2D eigenvalue weighted by molar-refractivity contribution is 6.03. The molecule has 0 radical (unpaired) electrons. The minimum absolute atomic E-state index is 0.174. The van der Waals surface area contributed by atoms with E-state index in [0.717, 1.165) is 52.1 Å². The lowest BCUT2D eigenvalue weighted by atomic mass is 10.1. The van der Waals surface area contributed by atoms with Gasteiger partial charge in [-0.2, -0.15) is 0 Å². The van der Waals surface area contributed by atoms with Crippen molar-refractivity contribution in [2.45, 2.75) is 19.3 Å². The normalized spacial score (nSPS) is 18.6. The number of amides is 3. The van der Waals surface area contributed by atoms with Crippen molar-refractivity contribution in [3.05, 3.63) is 29.8 Å². The fourth-order valence-electron chi connectivity index (χ4n) is 3.74. The maximum absolute atomic E-state index is 12.4. The molecule has 0 atom stereocenters. The van der Waals surface area contributed by atoms with Gasteiger partial charge >= 0.3 is 0 Å². The maximum atomic E-state index is 12.4. The first-order chi connectivity index (χ1) is 13.5. The number of piperazine rings is 1. The minimum atomic E-state index is -0.567. The lowest BCUT2D eigenvalue weighted by molar-refractivity contribution is -0.134. The van der Waals surface area contributed by atoms with Crippen LogP contribution in [0.1, 0.15) is 29.6 Å². The molecule has 8 heteroatoms. The number of nitrogens with zero attached hydrogens (tertiary/aromatic N) is 3. The number of carbonyl (C=O) groups excluding carboxylic acids is 3. The summed E-state index contributed by atoms with van der Waals surface area (Å²) >= 11 is 0. The van der Waals surface area contributed by atoms with E-state index in [9.17, 15) is 14.4 Å². The van der Waals surface area contributed by atoms with Crippen LogP contribution in [-0.4, -0.2) is 84.8 Å². The molecule has 3 N–H and O–H groups in total. The lowest BCUT2D eigenvalue weighted by Crippen LogP contribution is -2.51. The highest BCUT2D eigenvalue weighted by Crippen LogP contribution is 2.14. The Morgan fingerprint density at radius 1 is 0.857 bits per heavy atom. The number of anilines is 1. The summed E-state index contributed by atoms with van der Waals surface area (Å²) in [6.07, 6.45) is 3.43. The summed E-state index contributed by atoms with van der Waals surface area (Å²) in [6.45, 7) is 5.48. The molecule has 0 unspecified atom stereocenters. The van der Waals surface area contributed by atoms with Crippen molar-refractivity contribution in [2.75, 3.05) is 57.7 Å². The largest absolute Gasteiger partial charge is 0.366 e. The van der Waals surface area contributed by atoms with Gasteiger partial charge in [-0.1, -0.05) is 12.1 Å². The molecular formula is C20H29N5O3. The Kier molecular flexibility index (Phi) is 7.00. The third-order valence-corrected chi connectivity index (χ3v) is 5.37. The number of primary amides is 1. The fourth-order valence-corrected chi connectivity index (χ4v) is 3.74. The maximum Gasteiger partial charge on any atom is 0.250 e. The van der Waals surface area contributed by atoms with E-state index < -0.39 is 5.91 Å². The van der Waals surface area contributed by atoms with E-state index in [1.807, 2.05) is 4.90 Å². The van der Waals surface area contributed by atoms with E-state index in [0.29, 0.717) is 17.8 Å². The number of para-hydroxylation sites is 1. The molecule has 152 valence electrons. The highest BCUT2D eigenvalue weighted by Gasteiger charge is 2.23. The van der Waals surface area contributed by atoms with Crippen molar-refractivity contribution < 1.29 is 14.4 Å². The fraction of sp³-hybridized carbons (Fsp3) is 0.550. The summed E-state index contributed by atoms with van der Waals surface area (Å²) in [6, 6.07) is 6.72. The Hall–Kier alpha value is -2.45. The van der Waals surface area contributed by atoms with E-state index >= 15 is 0 Å². The Morgan fingerprint density at radius 2 is 1.46 bits per heavy atom. The average Bonchev–Trinajstić information content (AvgIpc) is 2.70. The van der Waals surface area contributed by atoms with Gasteiger partial charge in [0.25, 0.3) is 5.91 Å². The average molecular weight is 387 g/mol. The third kappa shape index (κ3) is 5.53. The zero-order valence-electron chi connectivity index (χ0n) is 16.2. The Labute approximate surface area is 165 Å². The van der Waals surface area contributed by atoms with Crippen molar-refractivity contribution in [1.29, 1.82) is 0 Å². The molecule has 0 saturated carbocycles. The van der Waals surface area contributed by atoms with Crippen LogP contribution in [0.5, 0.6) is 0 Å². The van der Waals surface area contributed by atoms with Crippen LogP contribution in [0.4, 0.5) is 5.69 Å². The molecule has 0 bridgehead atoms. The Morgan fingerprint density at radius 3 is 2.11 bits per heavy atom. The molecule has 28 heavy (non-hydrogen) atoms. The van der Waals surface area contributed by atoms with E-state index in [1.54, 1.807) is 24.3 Å². The monoisotopic (exact) mass is 387 g/mol. The van der Waals surface area contributed by atoms with Crippen LogP contribution < -0.4 is 11.1 Å². The summed E-state index contributed by atoms with van der Waals surface area (Å²) in [5, 5.41) is 2.77. The van der Waals surface area contributed by atoms with Gasteiger partial charge in [0.1, 0.15) is 0 Å². The molecular weight excluding hydrogens is 358 g/mol. The Balaban J connectivity index is 1.42. The second-order valence-corrected chi connectivity index (χ2v) is 7.45. The van der Waals surface area contributed by atoms with Crippen LogP contribution in [0.3, 0.4) is 0 Å². The van der Waals surface area contributed by atoms with E-state index in [2.05, 4.69) is 15.1 Å². The molecule has 8 nitrogen and oxygen atoms in total. The number of benzene rings is 1. The van der Waals surface area contributed by atoms with Crippen LogP contribution in [-0.2, 0) is 9.59 Å². The molecule has 0 aliphatic carbocycles. The molecule has 2 heterocycles. The molecule has 0 aromatic heterocycles. The van der Waals surface area contributed by atoms with Gasteiger partial charge < -0.3 is 16.0 Å². The number of rotatable bonds is 6. The van der Waals surface area contributed by atoms with Crippen molar-refractivity contribution in [1.82, 2.24) is 14.7 Å². The van der Waals surface area contributed by atoms with Crippen LogP contribution in [0.25, 0.3) is 0 Å². The molecule has 3 rings (SSSR count). The summed E-state index contributed by atoms with van der Waals surface area (Å²) < 4.78 is 0. The number of nitrogens with one attached hydrogen (secondary N) is 1. The molecule has 1 aromatic rings. The van der Waals surface area contributed by atoms with Gasteiger partial charge in [-0.25, -0.2) is 0 Å². The van der Waals surface area contributed by atoms with Crippen molar-refractivity contribution in [3.63, 3.8) is 0 Å². The standard InChI is InChI=1S/C20H29N5O3/c21-20(28)16-6-2-3-7-17(16)22-18(26)14-23-10-12-24(13-11-23)15-19(27)25-8-4-1-5-9-25/h2-3,6-7H,1,4-5,8-15H2,(H2,21,28)(H,22,26). The second kappa shape index (κ2) is 9.66. The predicted molar refractivity (Wildman–Crippen MR) is 107 cm³/mol. The molecule has 3 amide bonds. The molecule has 2 saturated heterocycles. The summed E-state index contributed by atoms with van der Waals surface area (Å²) in [4.78, 5) is 42.4. The summed E-state index contributed by atoms with van der Waals surface area (Å²) in [5.41, 5.74) is 6.08. The first kappa shape index (κ1) is 20.3. The highest BCUT2D eigenvalue weighted by atomic mass is 16.2. The SMILES string of the molecule is NC(=O)c1ccccc1NC(=O)CN1CCN(CC(=O)N2CCCCC2)CC1. The van der Waals surface area contributed by atoms with Crippen LogP contribution in [0.2, 0.25) is 0 Å². The quantitative estimate of drug-likeness (QED) is 0.734. The second-order valence-electron chi connectivity index (χ2n) is 7.45. The number of hydrogen-bond donors (Lipinski definition) is 2. The van der Waals surface area contributed by atoms with Crippen LogP contribution in [0, 0.1) is 0 Å². The predicted octanol–water partition coefficient (Wildman–Crippen LogP) is 0.354. The number of likely N-dealkylation sites (tertiary alicyclic amines) is 1. The first-order valence-electron chi connectivity index (χ1n) is 9.94. The first-order valence-corrected chi connectivity index (χ1v) is 9.94. The van der Waals surface area contributed by atoms with Crippen LogP contribution >= 0.6 is 0 Å². The van der Waals surface area contributed by atoms with Gasteiger partial charge in [-0.15, -0.1) is 0 Å². The molecule has 1 aromatic carbocycles. The number of hydrogen-bond acceptors (Lipinski definition) is 5. The summed E-state index contributed by atoms with van der Waals surface area (Å²) in [7, 11) is 0. The van der Waals surface area contributed by atoms with Gasteiger partial charge in [0.15, 0.2) is 0 Å². The van der Waals surface area contributed by atoms with Crippen molar-refractivity contribution in [3.8, 4) is 0 Å². The molecule has 2 fully saturated rings. The zero-order chi connectivity index (χ0) is 19.9. The number of carbonyl (C=O) groups is 3. The van der Waals surface area contributed by atoms with Gasteiger partial charge in [-0.05, 0) is 31.4 Å². The number of nitrogens with two attached hydrogens (primary N) is 1. The van der Waals surface area contributed by atoms with Crippen molar-refractivity contribution in [2.24, 2.45) is 5.73 Å². The van der Waals surface area contributed by atoms with E-state index in [-0.39, 0.29) is 18.4 Å². The van der Waals surface area contributed by atoms with Gasteiger partial charge in [0, 0.05) is 39.3 Å². The van der Waals surface area contributed by atoms with Crippen molar-refractivity contribution >= 4 is 23.4 Å². The van der Waals surface area contributed by atoms with Crippen LogP contribution in [0.15, 0.2) is 24.3 Å². The Bertz CT molecular complexity index is 710. The van der Waals surface area contributed by atoms with Gasteiger partial charge in [-0.3, -0.25) is 24.2 Å². The molecule has 0 spiro atoms. The minimum Gasteiger partial charge on any atom is -0.366 e. The lowest BCUT2D eigenvalue weighted by Gasteiger charge is -2.35. The molecule has 2 aliphatic rings. The smallest absolute Gasteiger partial charge is 0.250 e. The van der Waals surface area contributed by atoms with Gasteiger partial charge in [0.05, 0.1) is 24.3 Å². The van der Waals surface area contributed by atoms with E-state index in [4.69, 9.17) is 5.73 Å². The summed E-state index contributed by atoms with van der Waals surface area (Å²) in [5.74, 6) is -0.525.